The lowest BCUT2D eigenvalue weighted by Gasteiger charge is -2.30. The molecule has 0 atom stereocenters. The van der Waals surface area contributed by atoms with Crippen molar-refractivity contribution in [2.75, 3.05) is 47.6 Å². The number of nitrogens with zero attached hydrogens (tertiary/aromatic N) is 3. The number of fused-ring (bicyclic) bond motifs is 1. The molecule has 2 aromatic carbocycles. The van der Waals surface area contributed by atoms with Crippen molar-refractivity contribution in [3.05, 3.63) is 77.5 Å². The maximum atomic E-state index is 13.0. The Morgan fingerprint density at radius 1 is 1.09 bits per heavy atom. The number of benzene rings is 2. The molecule has 2 N–H and O–H groups in total. The van der Waals surface area contributed by atoms with E-state index in [2.05, 4.69) is 32.7 Å². The molecule has 0 bridgehead atoms. The number of hydrogen-bond donors (Lipinski definition) is 2. The van der Waals surface area contributed by atoms with Gasteiger partial charge in [-0.05, 0) is 68.3 Å². The summed E-state index contributed by atoms with van der Waals surface area (Å²) in [6, 6.07) is 19.0. The molecule has 3 aromatic rings. The van der Waals surface area contributed by atoms with E-state index in [4.69, 9.17) is 0 Å². The number of urea groups is 1. The van der Waals surface area contributed by atoms with Crippen LogP contribution in [0.4, 0.5) is 21.9 Å². The van der Waals surface area contributed by atoms with Crippen LogP contribution in [0.3, 0.4) is 0 Å². The lowest BCUT2D eigenvalue weighted by molar-refractivity contribution is 0.0953. The highest BCUT2D eigenvalue weighted by Gasteiger charge is 2.26. The summed E-state index contributed by atoms with van der Waals surface area (Å²) in [6.45, 7) is 6.03. The van der Waals surface area contributed by atoms with Gasteiger partial charge >= 0.3 is 6.03 Å². The minimum absolute atomic E-state index is 0.121. The zero-order valence-electron chi connectivity index (χ0n) is 20.4. The molecule has 4 rings (SSSR count). The summed E-state index contributed by atoms with van der Waals surface area (Å²) in [6.07, 6.45) is 0.842. The summed E-state index contributed by atoms with van der Waals surface area (Å²) in [5, 5.41) is 6.82. The van der Waals surface area contributed by atoms with Crippen molar-refractivity contribution in [1.82, 2.24) is 10.3 Å². The maximum absolute atomic E-state index is 13.0. The van der Waals surface area contributed by atoms with Crippen LogP contribution in [0.2, 0.25) is 0 Å². The van der Waals surface area contributed by atoms with Crippen LogP contribution >= 0.6 is 11.8 Å². The van der Waals surface area contributed by atoms with Crippen molar-refractivity contribution in [2.45, 2.75) is 25.3 Å². The molecule has 0 radical (unpaired) electrons. The Balaban J connectivity index is 1.28. The zero-order valence-corrected chi connectivity index (χ0v) is 21.2. The van der Waals surface area contributed by atoms with Crippen LogP contribution in [0.1, 0.15) is 28.0 Å². The average Bonchev–Trinajstić information content (AvgIpc) is 2.86. The summed E-state index contributed by atoms with van der Waals surface area (Å²) in [5.74, 6) is 0.681. The summed E-state index contributed by atoms with van der Waals surface area (Å²) < 4.78 is 0. The van der Waals surface area contributed by atoms with Crippen molar-refractivity contribution in [2.24, 2.45) is 0 Å². The van der Waals surface area contributed by atoms with Crippen molar-refractivity contribution < 1.29 is 9.59 Å². The fraction of sp³-hybridized carbons (Fsp3) is 0.296. The van der Waals surface area contributed by atoms with Crippen LogP contribution < -0.4 is 20.4 Å². The Morgan fingerprint density at radius 2 is 1.83 bits per heavy atom. The number of para-hydroxylation sites is 1. The minimum atomic E-state index is -0.194. The maximum Gasteiger partial charge on any atom is 0.326 e. The van der Waals surface area contributed by atoms with Crippen LogP contribution in [-0.2, 0) is 0 Å². The summed E-state index contributed by atoms with van der Waals surface area (Å²) >= 11 is 1.68. The molecule has 0 fully saturated rings. The highest BCUT2D eigenvalue weighted by atomic mass is 32.2. The Bertz CT molecular complexity index is 1180. The van der Waals surface area contributed by atoms with Crippen molar-refractivity contribution in [1.29, 1.82) is 0 Å². The minimum Gasteiger partial charge on any atom is -0.375 e. The molecule has 7 nitrogen and oxygen atoms in total. The number of carbonyl (C=O) groups excluding carboxylic acids is 2. The molecule has 3 amide bonds. The van der Waals surface area contributed by atoms with Crippen LogP contribution in [0.15, 0.2) is 65.7 Å². The van der Waals surface area contributed by atoms with Crippen LogP contribution in [-0.4, -0.2) is 49.4 Å². The highest BCUT2D eigenvalue weighted by molar-refractivity contribution is 7.99. The first-order valence-corrected chi connectivity index (χ1v) is 12.7. The first-order valence-electron chi connectivity index (χ1n) is 11.8. The molecular weight excluding hydrogens is 458 g/mol. The third-order valence-corrected chi connectivity index (χ3v) is 6.84. The molecule has 0 unspecified atom stereocenters. The normalized spacial score (nSPS) is 12.6. The number of amides is 3. The summed E-state index contributed by atoms with van der Waals surface area (Å²) in [7, 11) is 2.05. The van der Waals surface area contributed by atoms with Gasteiger partial charge in [0.05, 0.1) is 5.69 Å². The van der Waals surface area contributed by atoms with Crippen LogP contribution in [0.5, 0.6) is 0 Å². The summed E-state index contributed by atoms with van der Waals surface area (Å²) in [5.41, 5.74) is 5.23. The second-order valence-electron chi connectivity index (χ2n) is 8.61. The van der Waals surface area contributed by atoms with Gasteiger partial charge in [-0.2, -0.15) is 0 Å². The van der Waals surface area contributed by atoms with E-state index < -0.39 is 0 Å². The molecule has 0 aliphatic carbocycles. The number of rotatable bonds is 7. The predicted molar refractivity (Wildman–Crippen MR) is 144 cm³/mol. The van der Waals surface area contributed by atoms with E-state index in [1.165, 1.54) is 0 Å². The van der Waals surface area contributed by atoms with Crippen molar-refractivity contribution >= 4 is 40.8 Å². The van der Waals surface area contributed by atoms with E-state index in [-0.39, 0.29) is 11.9 Å². The van der Waals surface area contributed by atoms with Crippen molar-refractivity contribution in [3.63, 3.8) is 0 Å². The van der Waals surface area contributed by atoms with Gasteiger partial charge in [0.15, 0.2) is 0 Å². The number of thioether (sulfide) groups is 1. The second-order valence-corrected chi connectivity index (χ2v) is 9.69. The first kappa shape index (κ1) is 24.6. The first-order chi connectivity index (χ1) is 16.9. The molecule has 182 valence electrons. The van der Waals surface area contributed by atoms with E-state index in [1.807, 2.05) is 45.2 Å². The fourth-order valence-corrected chi connectivity index (χ4v) is 5.18. The topological polar surface area (TPSA) is 77.6 Å². The molecular formula is C27H31N5O2S. The van der Waals surface area contributed by atoms with E-state index >= 15 is 0 Å². The largest absolute Gasteiger partial charge is 0.375 e. The molecule has 2 heterocycles. The Kier molecular flexibility index (Phi) is 7.92. The van der Waals surface area contributed by atoms with Gasteiger partial charge < -0.3 is 15.5 Å². The number of pyridine rings is 1. The second kappa shape index (κ2) is 11.3. The molecule has 1 aliphatic heterocycles. The SMILES string of the molecule is Cc1cc(C)c2c(n1)SCCN2C(=O)Nc1ccc(C(=O)NCCCN(C)c2ccccc2)cc1. The molecule has 1 aromatic heterocycles. The molecule has 0 spiro atoms. The average molecular weight is 490 g/mol. The lowest BCUT2D eigenvalue weighted by Crippen LogP contribution is -2.39. The van der Waals surface area contributed by atoms with E-state index in [0.717, 1.165) is 46.4 Å². The lowest BCUT2D eigenvalue weighted by atomic mass is 10.2. The monoisotopic (exact) mass is 489 g/mol. The number of aryl methyl sites for hydroxylation is 2. The van der Waals surface area contributed by atoms with Crippen LogP contribution in [0.25, 0.3) is 0 Å². The molecule has 1 aliphatic rings. The fourth-order valence-electron chi connectivity index (χ4n) is 4.10. The third-order valence-electron chi connectivity index (χ3n) is 5.90. The predicted octanol–water partition coefficient (Wildman–Crippen LogP) is 5.10. The van der Waals surface area contributed by atoms with Crippen molar-refractivity contribution in [3.8, 4) is 0 Å². The standard InChI is InChI=1S/C27H31N5O2S/c1-19-18-20(2)29-26-24(19)32(16-17-35-26)27(34)30-22-12-10-21(11-13-22)25(33)28-14-7-15-31(3)23-8-5-4-6-9-23/h4-6,8-13,18H,7,14-17H2,1-3H3,(H,28,33)(H,30,34). The highest BCUT2D eigenvalue weighted by Crippen LogP contribution is 2.36. The number of carbonyl (C=O) groups is 2. The number of nitrogens with one attached hydrogen (secondary N) is 2. The smallest absolute Gasteiger partial charge is 0.326 e. The van der Waals surface area contributed by atoms with Gasteiger partial charge in [-0.3, -0.25) is 9.69 Å². The number of hydrogen-bond acceptors (Lipinski definition) is 5. The number of anilines is 3. The van der Waals surface area contributed by atoms with Gasteiger partial charge in [-0.1, -0.05) is 18.2 Å². The van der Waals surface area contributed by atoms with Gasteiger partial charge in [0.25, 0.3) is 5.91 Å². The Morgan fingerprint density at radius 3 is 2.57 bits per heavy atom. The third kappa shape index (κ3) is 6.14. The molecule has 0 saturated heterocycles. The van der Waals surface area contributed by atoms with Gasteiger partial charge in [0, 0.05) is 55.1 Å². The Labute approximate surface area is 210 Å². The molecule has 35 heavy (non-hydrogen) atoms. The molecule has 0 saturated carbocycles. The van der Waals surface area contributed by atoms with E-state index in [0.29, 0.717) is 24.3 Å². The quantitative estimate of drug-likeness (QED) is 0.452. The van der Waals surface area contributed by atoms with E-state index in [1.54, 1.807) is 40.9 Å². The Hall–Kier alpha value is -3.52. The zero-order chi connectivity index (χ0) is 24.8. The van der Waals surface area contributed by atoms with Gasteiger partial charge in [0.2, 0.25) is 0 Å². The van der Waals surface area contributed by atoms with Gasteiger partial charge in [-0.25, -0.2) is 9.78 Å². The van der Waals surface area contributed by atoms with Gasteiger partial charge in [-0.15, -0.1) is 11.8 Å². The van der Waals surface area contributed by atoms with Gasteiger partial charge in [0.1, 0.15) is 5.03 Å². The number of aromatic nitrogens is 1. The van der Waals surface area contributed by atoms with Crippen LogP contribution in [0, 0.1) is 13.8 Å². The molecule has 8 heteroatoms. The summed E-state index contributed by atoms with van der Waals surface area (Å²) in [4.78, 5) is 34.0. The van der Waals surface area contributed by atoms with E-state index in [9.17, 15) is 9.59 Å².